The Labute approximate surface area is 95.6 Å². The second-order valence-electron chi connectivity index (χ2n) is 2.90. The largest absolute Gasteiger partial charge is 0.244 e. The quantitative estimate of drug-likeness (QED) is 0.792. The third-order valence-corrected chi connectivity index (χ3v) is 2.66. The number of aromatic nitrogens is 2. The number of nitrogens with zero attached hydrogens (tertiary/aromatic N) is 3. The second-order valence-corrected chi connectivity index (χ2v) is 3.76. The Bertz CT molecular complexity index is 517. The molecule has 0 atom stereocenters. The van der Waals surface area contributed by atoms with Crippen LogP contribution < -0.4 is 0 Å². The van der Waals surface area contributed by atoms with Gasteiger partial charge in [-0.3, -0.25) is 0 Å². The normalized spacial score (nSPS) is 9.60. The Morgan fingerprint density at radius 2 is 1.93 bits per heavy atom. The average Bonchev–Trinajstić information content (AvgIpc) is 2.30. The monoisotopic (exact) mass is 259 g/mol. The van der Waals surface area contributed by atoms with E-state index in [0.717, 1.165) is 15.6 Å². The average molecular weight is 260 g/mol. The van der Waals surface area contributed by atoms with Crippen LogP contribution in [0.5, 0.6) is 0 Å². The van der Waals surface area contributed by atoms with E-state index in [1.165, 1.54) is 6.33 Å². The molecule has 0 aliphatic rings. The van der Waals surface area contributed by atoms with Gasteiger partial charge >= 0.3 is 0 Å². The van der Waals surface area contributed by atoms with E-state index in [2.05, 4.69) is 32.0 Å². The van der Waals surface area contributed by atoms with Crippen LogP contribution in [0, 0.1) is 11.3 Å². The predicted octanol–water partition coefficient (Wildman–Crippen LogP) is 2.78. The number of nitriles is 1. The maximum atomic E-state index is 9.04. The number of rotatable bonds is 1. The van der Waals surface area contributed by atoms with Gasteiger partial charge in [0.15, 0.2) is 0 Å². The Morgan fingerprint density at radius 1 is 1.20 bits per heavy atom. The molecule has 0 saturated heterocycles. The first-order valence-electron chi connectivity index (χ1n) is 4.27. The van der Waals surface area contributed by atoms with Gasteiger partial charge in [0, 0.05) is 28.0 Å². The minimum Gasteiger partial charge on any atom is -0.244 e. The van der Waals surface area contributed by atoms with E-state index in [1.807, 2.05) is 18.2 Å². The van der Waals surface area contributed by atoms with E-state index >= 15 is 0 Å². The summed E-state index contributed by atoms with van der Waals surface area (Å²) in [5.74, 6) is 0. The minimum absolute atomic E-state index is 0.604. The molecule has 2 rings (SSSR count). The van der Waals surface area contributed by atoms with Crippen molar-refractivity contribution in [3.05, 3.63) is 47.0 Å². The number of benzene rings is 1. The van der Waals surface area contributed by atoms with E-state index in [1.54, 1.807) is 12.4 Å². The molecule has 1 heterocycles. The zero-order valence-electron chi connectivity index (χ0n) is 7.68. The van der Waals surface area contributed by atoms with Gasteiger partial charge in [0.2, 0.25) is 0 Å². The zero-order chi connectivity index (χ0) is 10.7. The van der Waals surface area contributed by atoms with Gasteiger partial charge in [-0.05, 0) is 22.0 Å². The molecule has 0 bridgehead atoms. The first-order valence-corrected chi connectivity index (χ1v) is 5.06. The summed E-state index contributed by atoms with van der Waals surface area (Å²) in [5, 5.41) is 9.04. The lowest BCUT2D eigenvalue weighted by Crippen LogP contribution is -1.87. The van der Waals surface area contributed by atoms with Crippen molar-refractivity contribution in [1.29, 1.82) is 5.26 Å². The molecule has 0 N–H and O–H groups in total. The van der Waals surface area contributed by atoms with Crippen molar-refractivity contribution in [2.75, 3.05) is 0 Å². The summed E-state index contributed by atoms with van der Waals surface area (Å²) < 4.78 is 0.784. The molecule has 3 nitrogen and oxygen atoms in total. The van der Waals surface area contributed by atoms with Crippen LogP contribution in [0.25, 0.3) is 11.1 Å². The third kappa shape index (κ3) is 1.88. The van der Waals surface area contributed by atoms with Crippen molar-refractivity contribution in [2.45, 2.75) is 0 Å². The molecule has 0 fully saturated rings. The fourth-order valence-electron chi connectivity index (χ4n) is 1.32. The Balaban J connectivity index is 2.65. The van der Waals surface area contributed by atoms with Crippen LogP contribution in [-0.4, -0.2) is 9.97 Å². The molecule has 0 saturated carbocycles. The van der Waals surface area contributed by atoms with Crippen LogP contribution in [0.15, 0.2) is 41.4 Å². The Kier molecular flexibility index (Phi) is 2.75. The summed E-state index contributed by atoms with van der Waals surface area (Å²) in [5.41, 5.74) is 2.29. The maximum Gasteiger partial charge on any atom is 0.115 e. The molecular weight excluding hydrogens is 254 g/mol. The van der Waals surface area contributed by atoms with Gasteiger partial charge in [-0.15, -0.1) is 0 Å². The van der Waals surface area contributed by atoms with Crippen molar-refractivity contribution >= 4 is 15.9 Å². The van der Waals surface area contributed by atoms with Crippen molar-refractivity contribution < 1.29 is 0 Å². The maximum absolute atomic E-state index is 9.04. The molecule has 0 amide bonds. The van der Waals surface area contributed by atoms with Crippen LogP contribution in [0.4, 0.5) is 0 Å². The molecule has 4 heteroatoms. The number of hydrogen-bond acceptors (Lipinski definition) is 3. The van der Waals surface area contributed by atoms with E-state index in [-0.39, 0.29) is 0 Å². The van der Waals surface area contributed by atoms with Crippen molar-refractivity contribution in [2.24, 2.45) is 0 Å². The molecule has 72 valence electrons. The molecular formula is C11H6BrN3. The summed E-state index contributed by atoms with van der Waals surface area (Å²) >= 11 is 3.34. The smallest absolute Gasteiger partial charge is 0.115 e. The first-order chi connectivity index (χ1) is 7.33. The second kappa shape index (κ2) is 4.20. The van der Waals surface area contributed by atoms with Crippen LogP contribution in [0.3, 0.4) is 0 Å². The Morgan fingerprint density at radius 3 is 2.60 bits per heavy atom. The molecule has 1 aromatic heterocycles. The highest BCUT2D eigenvalue weighted by Gasteiger charge is 2.07. The summed E-state index contributed by atoms with van der Waals surface area (Å²) in [6.07, 6.45) is 4.85. The predicted molar refractivity (Wildman–Crippen MR) is 59.9 cm³/mol. The summed E-state index contributed by atoms with van der Waals surface area (Å²) in [7, 11) is 0. The van der Waals surface area contributed by atoms with Crippen LogP contribution in [0.1, 0.15) is 5.56 Å². The highest BCUT2D eigenvalue weighted by Crippen LogP contribution is 2.27. The fourth-order valence-corrected chi connectivity index (χ4v) is 1.77. The standard InChI is InChI=1S/C11H6BrN3/c12-11-3-1-2-9(10(11)4-13)8-5-14-7-15-6-8/h1-3,5-7H. The number of hydrogen-bond donors (Lipinski definition) is 0. The van der Waals surface area contributed by atoms with Gasteiger partial charge in [0.25, 0.3) is 0 Å². The van der Waals surface area contributed by atoms with Crippen molar-refractivity contribution in [1.82, 2.24) is 9.97 Å². The summed E-state index contributed by atoms with van der Waals surface area (Å²) in [4.78, 5) is 7.86. The molecule has 1 aromatic carbocycles. The molecule has 0 unspecified atom stereocenters. The van der Waals surface area contributed by atoms with E-state index < -0.39 is 0 Å². The fraction of sp³-hybridized carbons (Fsp3) is 0. The van der Waals surface area contributed by atoms with Gasteiger partial charge in [-0.1, -0.05) is 12.1 Å². The van der Waals surface area contributed by atoms with Crippen molar-refractivity contribution in [3.8, 4) is 17.2 Å². The highest BCUT2D eigenvalue weighted by atomic mass is 79.9. The summed E-state index contributed by atoms with van der Waals surface area (Å²) in [6, 6.07) is 7.76. The van der Waals surface area contributed by atoms with Crippen LogP contribution in [0.2, 0.25) is 0 Å². The number of halogens is 1. The van der Waals surface area contributed by atoms with Gasteiger partial charge in [-0.25, -0.2) is 9.97 Å². The van der Waals surface area contributed by atoms with Gasteiger partial charge < -0.3 is 0 Å². The van der Waals surface area contributed by atoms with Gasteiger partial charge in [0.05, 0.1) is 5.56 Å². The summed E-state index contributed by atoms with van der Waals surface area (Å²) in [6.45, 7) is 0. The molecule has 0 aliphatic heterocycles. The van der Waals surface area contributed by atoms with E-state index in [9.17, 15) is 0 Å². The van der Waals surface area contributed by atoms with Gasteiger partial charge in [0.1, 0.15) is 12.4 Å². The van der Waals surface area contributed by atoms with E-state index in [0.29, 0.717) is 5.56 Å². The lowest BCUT2D eigenvalue weighted by atomic mass is 10.0. The lowest BCUT2D eigenvalue weighted by Gasteiger charge is -2.03. The van der Waals surface area contributed by atoms with Crippen LogP contribution in [-0.2, 0) is 0 Å². The minimum atomic E-state index is 0.604. The first kappa shape index (κ1) is 9.81. The third-order valence-electron chi connectivity index (χ3n) is 2.00. The topological polar surface area (TPSA) is 49.6 Å². The highest BCUT2D eigenvalue weighted by molar-refractivity contribution is 9.10. The van der Waals surface area contributed by atoms with Gasteiger partial charge in [-0.2, -0.15) is 5.26 Å². The molecule has 0 radical (unpaired) electrons. The SMILES string of the molecule is N#Cc1c(Br)cccc1-c1cncnc1. The lowest BCUT2D eigenvalue weighted by molar-refractivity contribution is 1.17. The molecule has 15 heavy (non-hydrogen) atoms. The molecule has 0 spiro atoms. The van der Waals surface area contributed by atoms with Crippen molar-refractivity contribution in [3.63, 3.8) is 0 Å². The Hall–Kier alpha value is -1.73. The molecule has 0 aliphatic carbocycles. The molecule has 2 aromatic rings. The zero-order valence-corrected chi connectivity index (χ0v) is 9.27. The van der Waals surface area contributed by atoms with E-state index in [4.69, 9.17) is 5.26 Å². The van der Waals surface area contributed by atoms with Crippen LogP contribution >= 0.6 is 15.9 Å².